The van der Waals surface area contributed by atoms with Gasteiger partial charge in [0.1, 0.15) is 6.33 Å². The van der Waals surface area contributed by atoms with Crippen LogP contribution in [0, 0.1) is 0 Å². The molecule has 25 heavy (non-hydrogen) atoms. The van der Waals surface area contributed by atoms with E-state index in [1.807, 2.05) is 47.3 Å². The summed E-state index contributed by atoms with van der Waals surface area (Å²) in [5, 5.41) is 0. The Kier molecular flexibility index (Phi) is 3.82. The van der Waals surface area contributed by atoms with Gasteiger partial charge in [-0.25, -0.2) is 4.98 Å². The number of imidazole rings is 1. The summed E-state index contributed by atoms with van der Waals surface area (Å²) in [6.07, 6.45) is 5.42. The molecular weight excluding hydrogens is 314 g/mol. The largest absolute Gasteiger partial charge is 0.493 e. The molecule has 0 aliphatic rings. The third-order valence-electron chi connectivity index (χ3n) is 4.21. The van der Waals surface area contributed by atoms with Crippen LogP contribution in [0.4, 0.5) is 0 Å². The first-order chi connectivity index (χ1) is 12.3. The van der Waals surface area contributed by atoms with Crippen LogP contribution in [-0.4, -0.2) is 28.8 Å². The molecule has 0 bridgehead atoms. The third kappa shape index (κ3) is 2.70. The van der Waals surface area contributed by atoms with Gasteiger partial charge in [0.05, 0.1) is 30.9 Å². The van der Waals surface area contributed by atoms with E-state index < -0.39 is 0 Å². The van der Waals surface area contributed by atoms with E-state index in [0.29, 0.717) is 11.5 Å². The van der Waals surface area contributed by atoms with Crippen molar-refractivity contribution in [3.05, 3.63) is 67.3 Å². The van der Waals surface area contributed by atoms with E-state index in [2.05, 4.69) is 22.1 Å². The Morgan fingerprint density at radius 1 is 0.800 bits per heavy atom. The Hall–Kier alpha value is -3.34. The summed E-state index contributed by atoms with van der Waals surface area (Å²) in [6.45, 7) is 0. The summed E-state index contributed by atoms with van der Waals surface area (Å²) >= 11 is 0. The van der Waals surface area contributed by atoms with Crippen LogP contribution in [0.15, 0.2) is 67.3 Å². The van der Waals surface area contributed by atoms with Crippen molar-refractivity contribution in [1.29, 1.82) is 0 Å². The maximum absolute atomic E-state index is 5.41. The molecule has 2 aromatic carbocycles. The van der Waals surface area contributed by atoms with Crippen LogP contribution in [0.1, 0.15) is 0 Å². The smallest absolute Gasteiger partial charge is 0.162 e. The SMILES string of the molecule is COc1ccc(-n2cnc3ccc(-c4ccncc4)cc32)cc1OC. The topological polar surface area (TPSA) is 49.2 Å². The first-order valence-electron chi connectivity index (χ1n) is 7.90. The van der Waals surface area contributed by atoms with Gasteiger partial charge in [-0.15, -0.1) is 0 Å². The average molecular weight is 331 g/mol. The molecule has 0 saturated carbocycles. The summed E-state index contributed by atoms with van der Waals surface area (Å²) in [7, 11) is 3.26. The van der Waals surface area contributed by atoms with Crippen molar-refractivity contribution in [3.8, 4) is 28.3 Å². The van der Waals surface area contributed by atoms with Crippen molar-refractivity contribution in [3.63, 3.8) is 0 Å². The molecule has 5 nitrogen and oxygen atoms in total. The lowest BCUT2D eigenvalue weighted by Gasteiger charge is -2.11. The number of hydrogen-bond acceptors (Lipinski definition) is 4. The molecule has 0 unspecified atom stereocenters. The monoisotopic (exact) mass is 331 g/mol. The van der Waals surface area contributed by atoms with Crippen molar-refractivity contribution in [2.75, 3.05) is 14.2 Å². The van der Waals surface area contributed by atoms with Gasteiger partial charge in [-0.3, -0.25) is 9.55 Å². The summed E-state index contributed by atoms with van der Waals surface area (Å²) in [5.41, 5.74) is 5.18. The Balaban J connectivity index is 1.85. The second-order valence-electron chi connectivity index (χ2n) is 5.59. The lowest BCUT2D eigenvalue weighted by Crippen LogP contribution is -1.96. The summed E-state index contributed by atoms with van der Waals surface area (Å²) in [6, 6.07) is 16.1. The molecule has 0 saturated heterocycles. The zero-order chi connectivity index (χ0) is 17.2. The highest BCUT2D eigenvalue weighted by Gasteiger charge is 2.10. The molecule has 0 fully saturated rings. The van der Waals surface area contributed by atoms with Gasteiger partial charge >= 0.3 is 0 Å². The molecule has 4 aromatic rings. The number of fused-ring (bicyclic) bond motifs is 1. The van der Waals surface area contributed by atoms with Crippen LogP contribution in [0.2, 0.25) is 0 Å². The molecule has 2 heterocycles. The van der Waals surface area contributed by atoms with Crippen LogP contribution in [0.25, 0.3) is 27.8 Å². The predicted octanol–water partition coefficient (Wildman–Crippen LogP) is 4.10. The van der Waals surface area contributed by atoms with Crippen molar-refractivity contribution < 1.29 is 9.47 Å². The van der Waals surface area contributed by atoms with Crippen LogP contribution >= 0.6 is 0 Å². The van der Waals surface area contributed by atoms with Gasteiger partial charge in [0.25, 0.3) is 0 Å². The van der Waals surface area contributed by atoms with E-state index in [-0.39, 0.29) is 0 Å². The molecule has 5 heteroatoms. The van der Waals surface area contributed by atoms with Crippen LogP contribution in [0.3, 0.4) is 0 Å². The zero-order valence-corrected chi connectivity index (χ0v) is 14.0. The lowest BCUT2D eigenvalue weighted by molar-refractivity contribution is 0.355. The minimum atomic E-state index is 0.687. The highest BCUT2D eigenvalue weighted by atomic mass is 16.5. The van der Waals surface area contributed by atoms with E-state index in [1.54, 1.807) is 26.6 Å². The zero-order valence-electron chi connectivity index (χ0n) is 14.0. The summed E-state index contributed by atoms with van der Waals surface area (Å²) in [5.74, 6) is 1.39. The van der Waals surface area contributed by atoms with Gasteiger partial charge in [-0.05, 0) is 47.5 Å². The number of hydrogen-bond donors (Lipinski definition) is 0. The van der Waals surface area contributed by atoms with Gasteiger partial charge in [0.2, 0.25) is 0 Å². The molecule has 4 rings (SSSR count). The molecule has 0 amide bonds. The predicted molar refractivity (Wildman–Crippen MR) is 97.4 cm³/mol. The first kappa shape index (κ1) is 15.2. The van der Waals surface area contributed by atoms with E-state index in [4.69, 9.17) is 9.47 Å². The molecule has 0 N–H and O–H groups in total. The highest BCUT2D eigenvalue weighted by molar-refractivity contribution is 5.83. The second-order valence-corrected chi connectivity index (χ2v) is 5.59. The third-order valence-corrected chi connectivity index (χ3v) is 4.21. The number of nitrogens with zero attached hydrogens (tertiary/aromatic N) is 3. The molecule has 0 radical (unpaired) electrons. The van der Waals surface area contributed by atoms with Crippen LogP contribution in [-0.2, 0) is 0 Å². The van der Waals surface area contributed by atoms with Crippen LogP contribution in [0.5, 0.6) is 11.5 Å². The quantitative estimate of drug-likeness (QED) is 0.565. The standard InChI is InChI=1S/C20H17N3O2/c1-24-19-6-4-16(12-20(19)25-2)23-13-22-17-5-3-15(11-18(17)23)14-7-9-21-10-8-14/h3-13H,1-2H3. The van der Waals surface area contributed by atoms with Crippen molar-refractivity contribution in [2.45, 2.75) is 0 Å². The fourth-order valence-corrected chi connectivity index (χ4v) is 2.91. The Bertz CT molecular complexity index is 1030. The van der Waals surface area contributed by atoms with Crippen molar-refractivity contribution in [1.82, 2.24) is 14.5 Å². The molecule has 0 atom stereocenters. The van der Waals surface area contributed by atoms with E-state index in [1.165, 1.54) is 0 Å². The fraction of sp³-hybridized carbons (Fsp3) is 0.100. The molecule has 0 aliphatic heterocycles. The summed E-state index contributed by atoms with van der Waals surface area (Å²) in [4.78, 5) is 8.59. The number of pyridine rings is 1. The Morgan fingerprint density at radius 3 is 2.36 bits per heavy atom. The first-order valence-corrected chi connectivity index (χ1v) is 7.90. The normalized spacial score (nSPS) is 10.8. The van der Waals surface area contributed by atoms with Gasteiger partial charge in [0, 0.05) is 18.5 Å². The van der Waals surface area contributed by atoms with Crippen molar-refractivity contribution >= 4 is 11.0 Å². The van der Waals surface area contributed by atoms with Gasteiger partial charge < -0.3 is 9.47 Å². The molecule has 0 spiro atoms. The number of rotatable bonds is 4. The molecular formula is C20H17N3O2. The number of benzene rings is 2. The number of methoxy groups -OCH3 is 2. The van der Waals surface area contributed by atoms with Gasteiger partial charge in [-0.1, -0.05) is 6.07 Å². The minimum Gasteiger partial charge on any atom is -0.493 e. The minimum absolute atomic E-state index is 0.687. The number of ether oxygens (including phenoxy) is 2. The average Bonchev–Trinajstić information content (AvgIpc) is 3.11. The van der Waals surface area contributed by atoms with Crippen molar-refractivity contribution in [2.24, 2.45) is 0 Å². The van der Waals surface area contributed by atoms with E-state index in [0.717, 1.165) is 27.8 Å². The highest BCUT2D eigenvalue weighted by Crippen LogP contribution is 2.31. The Morgan fingerprint density at radius 2 is 1.60 bits per heavy atom. The maximum Gasteiger partial charge on any atom is 0.162 e. The lowest BCUT2D eigenvalue weighted by atomic mass is 10.1. The van der Waals surface area contributed by atoms with Gasteiger partial charge in [0.15, 0.2) is 11.5 Å². The van der Waals surface area contributed by atoms with E-state index in [9.17, 15) is 0 Å². The fourth-order valence-electron chi connectivity index (χ4n) is 2.91. The van der Waals surface area contributed by atoms with E-state index >= 15 is 0 Å². The second kappa shape index (κ2) is 6.28. The summed E-state index contributed by atoms with van der Waals surface area (Å²) < 4.78 is 12.8. The number of aromatic nitrogens is 3. The molecule has 2 aromatic heterocycles. The maximum atomic E-state index is 5.41. The molecule has 124 valence electrons. The van der Waals surface area contributed by atoms with Gasteiger partial charge in [-0.2, -0.15) is 0 Å². The van der Waals surface area contributed by atoms with Crippen LogP contribution < -0.4 is 9.47 Å². The molecule has 0 aliphatic carbocycles. The Labute approximate surface area is 145 Å².